The molecule has 2 rings (SSSR count). The summed E-state index contributed by atoms with van der Waals surface area (Å²) in [4.78, 5) is 1.28. The second-order valence-electron chi connectivity index (χ2n) is 4.25. The average Bonchev–Trinajstić information content (AvgIpc) is 2.75. The SMILES string of the molecule is CNC(Cc1ccc(Br)s1)c1cc(F)ccc1C. The van der Waals surface area contributed by atoms with Crippen LogP contribution in [0.4, 0.5) is 4.39 Å². The summed E-state index contributed by atoms with van der Waals surface area (Å²) in [7, 11) is 1.91. The maximum Gasteiger partial charge on any atom is 0.123 e. The molecule has 1 N–H and O–H groups in total. The van der Waals surface area contributed by atoms with Crippen molar-refractivity contribution in [3.05, 3.63) is 55.9 Å². The third-order valence-corrected chi connectivity index (χ3v) is 4.65. The van der Waals surface area contributed by atoms with Crippen LogP contribution in [0.2, 0.25) is 0 Å². The lowest BCUT2D eigenvalue weighted by Gasteiger charge is -2.18. The van der Waals surface area contributed by atoms with Crippen molar-refractivity contribution in [1.82, 2.24) is 5.32 Å². The van der Waals surface area contributed by atoms with E-state index in [1.807, 2.05) is 26.1 Å². The van der Waals surface area contributed by atoms with E-state index in [0.717, 1.165) is 21.3 Å². The van der Waals surface area contributed by atoms with E-state index in [2.05, 4.69) is 27.3 Å². The van der Waals surface area contributed by atoms with Crippen molar-refractivity contribution in [2.75, 3.05) is 7.05 Å². The molecule has 1 aromatic heterocycles. The van der Waals surface area contributed by atoms with E-state index in [1.165, 1.54) is 10.9 Å². The van der Waals surface area contributed by atoms with Gasteiger partial charge in [0.2, 0.25) is 0 Å². The Morgan fingerprint density at radius 1 is 1.33 bits per heavy atom. The zero-order chi connectivity index (χ0) is 13.1. The molecule has 2 aromatic rings. The number of likely N-dealkylation sites (N-methyl/N-ethyl adjacent to an activating group) is 1. The standard InChI is InChI=1S/C14H15BrFNS/c1-9-3-4-10(16)7-12(9)13(17-2)8-11-5-6-14(15)18-11/h3-7,13,17H,8H2,1-2H3. The van der Waals surface area contributed by atoms with Gasteiger partial charge in [-0.15, -0.1) is 11.3 Å². The van der Waals surface area contributed by atoms with Crippen LogP contribution >= 0.6 is 27.3 Å². The predicted molar refractivity (Wildman–Crippen MR) is 78.7 cm³/mol. The fraction of sp³-hybridized carbons (Fsp3) is 0.286. The number of halogens is 2. The van der Waals surface area contributed by atoms with Gasteiger partial charge in [-0.3, -0.25) is 0 Å². The minimum Gasteiger partial charge on any atom is -0.313 e. The second kappa shape index (κ2) is 5.95. The molecule has 0 saturated heterocycles. The van der Waals surface area contributed by atoms with Gasteiger partial charge in [0.1, 0.15) is 5.82 Å². The highest BCUT2D eigenvalue weighted by Crippen LogP contribution is 2.28. The fourth-order valence-corrected chi connectivity index (χ4v) is 3.55. The first-order valence-electron chi connectivity index (χ1n) is 5.77. The fourth-order valence-electron chi connectivity index (χ4n) is 2.02. The summed E-state index contributed by atoms with van der Waals surface area (Å²) >= 11 is 5.18. The molecule has 1 heterocycles. The molecule has 96 valence electrons. The van der Waals surface area contributed by atoms with E-state index in [0.29, 0.717) is 0 Å². The Bertz CT molecular complexity index is 538. The van der Waals surface area contributed by atoms with Crippen LogP contribution in [-0.2, 0) is 6.42 Å². The molecule has 0 bridgehead atoms. The molecule has 0 saturated carbocycles. The number of hydrogen-bond acceptors (Lipinski definition) is 2. The maximum atomic E-state index is 13.4. The number of aryl methyl sites for hydroxylation is 1. The largest absolute Gasteiger partial charge is 0.313 e. The van der Waals surface area contributed by atoms with Crippen LogP contribution in [0.15, 0.2) is 34.1 Å². The molecule has 0 radical (unpaired) electrons. The van der Waals surface area contributed by atoms with E-state index < -0.39 is 0 Å². The molecule has 18 heavy (non-hydrogen) atoms. The van der Waals surface area contributed by atoms with Crippen LogP contribution in [0, 0.1) is 12.7 Å². The Balaban J connectivity index is 2.25. The van der Waals surface area contributed by atoms with Crippen LogP contribution in [0.5, 0.6) is 0 Å². The highest BCUT2D eigenvalue weighted by Gasteiger charge is 2.14. The quantitative estimate of drug-likeness (QED) is 0.874. The molecular weight excluding hydrogens is 313 g/mol. The van der Waals surface area contributed by atoms with Crippen molar-refractivity contribution in [2.24, 2.45) is 0 Å². The molecule has 1 atom stereocenters. The highest BCUT2D eigenvalue weighted by atomic mass is 79.9. The van der Waals surface area contributed by atoms with Gasteiger partial charge in [0.15, 0.2) is 0 Å². The molecule has 0 aliphatic heterocycles. The van der Waals surface area contributed by atoms with Crippen molar-refractivity contribution in [3.8, 4) is 0 Å². The minimum atomic E-state index is -0.178. The number of hydrogen-bond donors (Lipinski definition) is 1. The van der Waals surface area contributed by atoms with E-state index in [9.17, 15) is 4.39 Å². The van der Waals surface area contributed by atoms with Gasteiger partial charge >= 0.3 is 0 Å². The van der Waals surface area contributed by atoms with Crippen molar-refractivity contribution < 1.29 is 4.39 Å². The Kier molecular flexibility index (Phi) is 4.54. The number of thiophene rings is 1. The van der Waals surface area contributed by atoms with Gasteiger partial charge in [-0.25, -0.2) is 4.39 Å². The van der Waals surface area contributed by atoms with Crippen LogP contribution < -0.4 is 5.32 Å². The highest BCUT2D eigenvalue weighted by molar-refractivity contribution is 9.11. The molecule has 1 unspecified atom stereocenters. The van der Waals surface area contributed by atoms with E-state index in [1.54, 1.807) is 17.4 Å². The summed E-state index contributed by atoms with van der Waals surface area (Å²) < 4.78 is 14.5. The summed E-state index contributed by atoms with van der Waals surface area (Å²) in [5, 5.41) is 3.27. The van der Waals surface area contributed by atoms with Gasteiger partial charge in [0.25, 0.3) is 0 Å². The van der Waals surface area contributed by atoms with Gasteiger partial charge in [-0.2, -0.15) is 0 Å². The molecule has 0 spiro atoms. The molecule has 1 aromatic carbocycles. The Hall–Kier alpha value is -0.710. The lowest BCUT2D eigenvalue weighted by Crippen LogP contribution is -2.19. The van der Waals surface area contributed by atoms with Crippen molar-refractivity contribution in [2.45, 2.75) is 19.4 Å². The molecule has 0 fully saturated rings. The molecular formula is C14H15BrFNS. The second-order valence-corrected chi connectivity index (χ2v) is 6.80. The Labute approximate surface area is 119 Å². The number of rotatable bonds is 4. The van der Waals surface area contributed by atoms with E-state index >= 15 is 0 Å². The van der Waals surface area contributed by atoms with Gasteiger partial charge in [0, 0.05) is 17.3 Å². The Morgan fingerprint density at radius 3 is 2.72 bits per heavy atom. The van der Waals surface area contributed by atoms with Crippen LogP contribution in [0.1, 0.15) is 22.0 Å². The monoisotopic (exact) mass is 327 g/mol. The first kappa shape index (κ1) is 13.7. The van der Waals surface area contributed by atoms with E-state index in [-0.39, 0.29) is 11.9 Å². The average molecular weight is 328 g/mol. The number of nitrogens with one attached hydrogen (secondary N) is 1. The summed E-state index contributed by atoms with van der Waals surface area (Å²) in [5.41, 5.74) is 2.15. The van der Waals surface area contributed by atoms with Gasteiger partial charge in [0.05, 0.1) is 3.79 Å². The van der Waals surface area contributed by atoms with Crippen molar-refractivity contribution in [1.29, 1.82) is 0 Å². The first-order chi connectivity index (χ1) is 8.60. The third kappa shape index (κ3) is 3.19. The normalized spacial score (nSPS) is 12.7. The molecule has 4 heteroatoms. The molecule has 1 nitrogen and oxygen atoms in total. The lowest BCUT2D eigenvalue weighted by molar-refractivity contribution is 0.577. The summed E-state index contributed by atoms with van der Waals surface area (Å²) in [5.74, 6) is -0.178. The summed E-state index contributed by atoms with van der Waals surface area (Å²) in [6.45, 7) is 2.02. The topological polar surface area (TPSA) is 12.0 Å². The van der Waals surface area contributed by atoms with Crippen LogP contribution in [0.3, 0.4) is 0 Å². The van der Waals surface area contributed by atoms with Crippen molar-refractivity contribution >= 4 is 27.3 Å². The first-order valence-corrected chi connectivity index (χ1v) is 7.38. The molecule has 0 aliphatic rings. The van der Waals surface area contributed by atoms with Crippen molar-refractivity contribution in [3.63, 3.8) is 0 Å². The van der Waals surface area contributed by atoms with Gasteiger partial charge < -0.3 is 5.32 Å². The zero-order valence-corrected chi connectivity index (χ0v) is 12.7. The smallest absolute Gasteiger partial charge is 0.123 e. The number of benzene rings is 1. The van der Waals surface area contributed by atoms with Gasteiger partial charge in [-0.05, 0) is 65.3 Å². The minimum absolute atomic E-state index is 0.145. The zero-order valence-electron chi connectivity index (χ0n) is 10.3. The van der Waals surface area contributed by atoms with Crippen LogP contribution in [0.25, 0.3) is 0 Å². The summed E-state index contributed by atoms with van der Waals surface area (Å²) in [6.07, 6.45) is 0.872. The predicted octanol–water partition coefficient (Wildman–Crippen LogP) is 4.46. The third-order valence-electron chi connectivity index (χ3n) is 3.00. The van der Waals surface area contributed by atoms with Crippen LogP contribution in [-0.4, -0.2) is 7.05 Å². The maximum absolute atomic E-state index is 13.4. The molecule has 0 amide bonds. The molecule has 0 aliphatic carbocycles. The van der Waals surface area contributed by atoms with Gasteiger partial charge in [-0.1, -0.05) is 6.07 Å². The summed E-state index contributed by atoms with van der Waals surface area (Å²) in [6, 6.07) is 9.26. The Morgan fingerprint density at radius 2 is 2.11 bits per heavy atom. The van der Waals surface area contributed by atoms with E-state index in [4.69, 9.17) is 0 Å². The lowest BCUT2D eigenvalue weighted by atomic mass is 9.98.